The van der Waals surface area contributed by atoms with Gasteiger partial charge in [-0.05, 0) is 32.0 Å². The molecular weight excluding hydrogens is 362 g/mol. The predicted molar refractivity (Wildman–Crippen MR) is 108 cm³/mol. The van der Waals surface area contributed by atoms with Gasteiger partial charge in [0.25, 0.3) is 5.91 Å². The van der Waals surface area contributed by atoms with Crippen molar-refractivity contribution in [2.45, 2.75) is 19.9 Å². The third kappa shape index (κ3) is 4.14. The SMILES string of the molecule is Cc1onc(-c2ccccc2Cl)c1C(=O)NCC(C)N(C)c1ccccc1. The van der Waals surface area contributed by atoms with E-state index in [1.165, 1.54) is 0 Å². The van der Waals surface area contributed by atoms with Crippen LogP contribution >= 0.6 is 11.6 Å². The van der Waals surface area contributed by atoms with Crippen molar-refractivity contribution in [2.24, 2.45) is 0 Å². The van der Waals surface area contributed by atoms with Crippen molar-refractivity contribution in [3.63, 3.8) is 0 Å². The van der Waals surface area contributed by atoms with Crippen LogP contribution in [0, 0.1) is 6.92 Å². The average molecular weight is 384 g/mol. The molecule has 0 spiro atoms. The topological polar surface area (TPSA) is 58.4 Å². The van der Waals surface area contributed by atoms with E-state index in [9.17, 15) is 4.79 Å². The lowest BCUT2D eigenvalue weighted by Gasteiger charge is -2.27. The van der Waals surface area contributed by atoms with Gasteiger partial charge in [0, 0.05) is 30.9 Å². The number of hydrogen-bond donors (Lipinski definition) is 1. The van der Waals surface area contributed by atoms with E-state index in [2.05, 4.69) is 22.3 Å². The summed E-state index contributed by atoms with van der Waals surface area (Å²) >= 11 is 6.26. The van der Waals surface area contributed by atoms with Gasteiger partial charge in [-0.15, -0.1) is 0 Å². The molecule has 0 saturated carbocycles. The van der Waals surface area contributed by atoms with E-state index < -0.39 is 0 Å². The number of carbonyl (C=O) groups excluding carboxylic acids is 1. The third-order valence-electron chi connectivity index (χ3n) is 4.60. The van der Waals surface area contributed by atoms with Gasteiger partial charge in [0.15, 0.2) is 0 Å². The minimum absolute atomic E-state index is 0.111. The summed E-state index contributed by atoms with van der Waals surface area (Å²) in [4.78, 5) is 14.9. The summed E-state index contributed by atoms with van der Waals surface area (Å²) in [6.45, 7) is 4.27. The van der Waals surface area contributed by atoms with Crippen molar-refractivity contribution in [1.29, 1.82) is 0 Å². The number of nitrogens with zero attached hydrogens (tertiary/aromatic N) is 2. The first-order valence-corrected chi connectivity index (χ1v) is 9.14. The van der Waals surface area contributed by atoms with E-state index in [-0.39, 0.29) is 11.9 Å². The van der Waals surface area contributed by atoms with E-state index in [1.54, 1.807) is 13.0 Å². The second kappa shape index (κ2) is 8.27. The number of para-hydroxylation sites is 1. The Hall–Kier alpha value is -2.79. The van der Waals surface area contributed by atoms with Crippen molar-refractivity contribution in [1.82, 2.24) is 10.5 Å². The first-order chi connectivity index (χ1) is 13.0. The van der Waals surface area contributed by atoms with E-state index in [4.69, 9.17) is 16.1 Å². The van der Waals surface area contributed by atoms with Crippen LogP contribution in [-0.4, -0.2) is 30.7 Å². The normalized spacial score (nSPS) is 11.9. The second-order valence-electron chi connectivity index (χ2n) is 6.45. The van der Waals surface area contributed by atoms with Gasteiger partial charge in [0.2, 0.25) is 0 Å². The first-order valence-electron chi connectivity index (χ1n) is 8.76. The number of carbonyl (C=O) groups is 1. The lowest BCUT2D eigenvalue weighted by molar-refractivity contribution is 0.0950. The van der Waals surface area contributed by atoms with Crippen molar-refractivity contribution < 1.29 is 9.32 Å². The number of anilines is 1. The Morgan fingerprint density at radius 3 is 2.56 bits per heavy atom. The fourth-order valence-corrected chi connectivity index (χ4v) is 3.09. The molecule has 0 aliphatic heterocycles. The number of likely N-dealkylation sites (N-methyl/N-ethyl adjacent to an activating group) is 1. The van der Waals surface area contributed by atoms with Gasteiger partial charge in [-0.25, -0.2) is 0 Å². The third-order valence-corrected chi connectivity index (χ3v) is 4.93. The Balaban J connectivity index is 1.74. The van der Waals surface area contributed by atoms with Crippen molar-refractivity contribution in [2.75, 3.05) is 18.5 Å². The molecular formula is C21H22ClN3O2. The van der Waals surface area contributed by atoms with Gasteiger partial charge < -0.3 is 14.7 Å². The van der Waals surface area contributed by atoms with E-state index >= 15 is 0 Å². The van der Waals surface area contributed by atoms with Gasteiger partial charge in [0.05, 0.1) is 5.02 Å². The smallest absolute Gasteiger partial charge is 0.257 e. The number of nitrogens with one attached hydrogen (secondary N) is 1. The van der Waals surface area contributed by atoms with Crippen LogP contribution in [-0.2, 0) is 0 Å². The highest BCUT2D eigenvalue weighted by atomic mass is 35.5. The Morgan fingerprint density at radius 2 is 1.85 bits per heavy atom. The van der Waals surface area contributed by atoms with E-state index in [0.717, 1.165) is 5.69 Å². The first kappa shape index (κ1) is 19.0. The summed E-state index contributed by atoms with van der Waals surface area (Å²) in [6.07, 6.45) is 0. The Kier molecular flexibility index (Phi) is 5.81. The van der Waals surface area contributed by atoms with Gasteiger partial charge in [0.1, 0.15) is 17.0 Å². The molecule has 5 nitrogen and oxygen atoms in total. The molecule has 0 aliphatic carbocycles. The number of aromatic nitrogens is 1. The number of rotatable bonds is 6. The lowest BCUT2D eigenvalue weighted by Crippen LogP contribution is -2.40. The Bertz CT molecular complexity index is 924. The quantitative estimate of drug-likeness (QED) is 0.678. The summed E-state index contributed by atoms with van der Waals surface area (Å²) in [5.41, 5.74) is 2.64. The maximum Gasteiger partial charge on any atom is 0.257 e. The predicted octanol–water partition coefficient (Wildman–Crippen LogP) is 4.56. The van der Waals surface area contributed by atoms with Crippen LogP contribution in [0.25, 0.3) is 11.3 Å². The van der Waals surface area contributed by atoms with E-state index in [1.807, 2.05) is 55.6 Å². The summed E-state index contributed by atoms with van der Waals surface area (Å²) in [5.74, 6) is 0.239. The van der Waals surface area contributed by atoms with Crippen LogP contribution < -0.4 is 10.2 Å². The molecule has 2 aromatic carbocycles. The fraction of sp³-hybridized carbons (Fsp3) is 0.238. The summed E-state index contributed by atoms with van der Waals surface area (Å²) in [5, 5.41) is 7.55. The highest BCUT2D eigenvalue weighted by Gasteiger charge is 2.23. The van der Waals surface area contributed by atoms with Crippen LogP contribution in [0.5, 0.6) is 0 Å². The molecule has 1 aromatic heterocycles. The summed E-state index contributed by atoms with van der Waals surface area (Å²) in [7, 11) is 2.01. The number of hydrogen-bond acceptors (Lipinski definition) is 4. The van der Waals surface area contributed by atoms with Crippen LogP contribution in [0.1, 0.15) is 23.0 Å². The van der Waals surface area contributed by atoms with Crippen molar-refractivity contribution in [3.05, 3.63) is 70.9 Å². The molecule has 6 heteroatoms. The van der Waals surface area contributed by atoms with Gasteiger partial charge in [-0.2, -0.15) is 0 Å². The molecule has 140 valence electrons. The molecule has 1 unspecified atom stereocenters. The van der Waals surface area contributed by atoms with Crippen LogP contribution in [0.15, 0.2) is 59.1 Å². The average Bonchev–Trinajstić information content (AvgIpc) is 3.07. The molecule has 27 heavy (non-hydrogen) atoms. The molecule has 1 N–H and O–H groups in total. The zero-order valence-corrected chi connectivity index (χ0v) is 16.3. The zero-order chi connectivity index (χ0) is 19.4. The number of aryl methyl sites for hydroxylation is 1. The van der Waals surface area contributed by atoms with Gasteiger partial charge in [-0.3, -0.25) is 4.79 Å². The lowest BCUT2D eigenvalue weighted by atomic mass is 10.1. The largest absolute Gasteiger partial charge is 0.370 e. The summed E-state index contributed by atoms with van der Waals surface area (Å²) in [6, 6.07) is 17.4. The monoisotopic (exact) mass is 383 g/mol. The molecule has 0 aliphatic rings. The number of amides is 1. The maximum absolute atomic E-state index is 12.8. The number of benzene rings is 2. The standard InChI is InChI=1S/C21H22ClN3O2/c1-14(25(3)16-9-5-4-6-10-16)13-23-21(26)19-15(2)27-24-20(19)17-11-7-8-12-18(17)22/h4-12,14H,13H2,1-3H3,(H,23,26). The molecule has 0 bridgehead atoms. The Labute approximate surface area is 163 Å². The maximum atomic E-state index is 12.8. The second-order valence-corrected chi connectivity index (χ2v) is 6.85. The molecule has 0 saturated heterocycles. The van der Waals surface area contributed by atoms with Crippen LogP contribution in [0.3, 0.4) is 0 Å². The number of halogens is 1. The minimum Gasteiger partial charge on any atom is -0.370 e. The molecule has 1 amide bonds. The van der Waals surface area contributed by atoms with Crippen molar-refractivity contribution in [3.8, 4) is 11.3 Å². The fourth-order valence-electron chi connectivity index (χ4n) is 2.86. The molecule has 0 radical (unpaired) electrons. The molecule has 1 heterocycles. The summed E-state index contributed by atoms with van der Waals surface area (Å²) < 4.78 is 5.27. The minimum atomic E-state index is -0.225. The highest BCUT2D eigenvalue weighted by molar-refractivity contribution is 6.33. The van der Waals surface area contributed by atoms with Crippen LogP contribution in [0.2, 0.25) is 5.02 Å². The highest BCUT2D eigenvalue weighted by Crippen LogP contribution is 2.30. The van der Waals surface area contributed by atoms with Crippen LogP contribution in [0.4, 0.5) is 5.69 Å². The molecule has 1 atom stereocenters. The van der Waals surface area contributed by atoms with Gasteiger partial charge >= 0.3 is 0 Å². The van der Waals surface area contributed by atoms with Crippen molar-refractivity contribution >= 4 is 23.2 Å². The molecule has 3 aromatic rings. The van der Waals surface area contributed by atoms with E-state index in [0.29, 0.717) is 34.1 Å². The zero-order valence-electron chi connectivity index (χ0n) is 15.6. The Morgan fingerprint density at radius 1 is 1.19 bits per heavy atom. The molecule has 0 fully saturated rings. The molecule has 3 rings (SSSR count). The van der Waals surface area contributed by atoms with Gasteiger partial charge in [-0.1, -0.05) is 53.2 Å².